The largest absolute Gasteiger partial charge is 0.497 e. The van der Waals surface area contributed by atoms with Gasteiger partial charge in [0.1, 0.15) is 11.4 Å². The Morgan fingerprint density at radius 1 is 1.18 bits per heavy atom. The standard InChI is InChI=1S/C20H20F2N4O2/c1-28-16-8-6-15(7-9-16)26-18(12-17(25-26)19(21)22)14-4-2-13(3-5-14)10-11-24-20(23)27/h2-9,12,19H,10-11H2,1H3,(H3,23,24,27). The van der Waals surface area contributed by atoms with Crippen LogP contribution in [-0.2, 0) is 6.42 Å². The van der Waals surface area contributed by atoms with E-state index >= 15 is 0 Å². The van der Waals surface area contributed by atoms with Crippen LogP contribution in [0, 0.1) is 0 Å². The number of primary amides is 1. The van der Waals surface area contributed by atoms with Crippen molar-refractivity contribution in [2.75, 3.05) is 13.7 Å². The average Bonchev–Trinajstić information content (AvgIpc) is 3.14. The van der Waals surface area contributed by atoms with Crippen LogP contribution < -0.4 is 15.8 Å². The van der Waals surface area contributed by atoms with Crippen LogP contribution in [-0.4, -0.2) is 29.5 Å². The maximum atomic E-state index is 13.2. The number of aromatic nitrogens is 2. The van der Waals surface area contributed by atoms with Gasteiger partial charge in [-0.3, -0.25) is 0 Å². The first-order chi connectivity index (χ1) is 13.5. The molecule has 0 aliphatic heterocycles. The van der Waals surface area contributed by atoms with Crippen molar-refractivity contribution in [1.29, 1.82) is 0 Å². The Kier molecular flexibility index (Phi) is 5.88. The summed E-state index contributed by atoms with van der Waals surface area (Å²) in [5.74, 6) is 0.667. The Morgan fingerprint density at radius 3 is 2.43 bits per heavy atom. The molecule has 2 amide bonds. The summed E-state index contributed by atoms with van der Waals surface area (Å²) in [5, 5.41) is 6.59. The second kappa shape index (κ2) is 8.51. The molecule has 1 aromatic heterocycles. The second-order valence-corrected chi connectivity index (χ2v) is 6.10. The highest BCUT2D eigenvalue weighted by molar-refractivity contribution is 5.71. The fraction of sp³-hybridized carbons (Fsp3) is 0.200. The van der Waals surface area contributed by atoms with Gasteiger partial charge in [0.15, 0.2) is 0 Å². The first-order valence-corrected chi connectivity index (χ1v) is 8.63. The van der Waals surface area contributed by atoms with Crippen LogP contribution in [0.15, 0.2) is 54.6 Å². The highest BCUT2D eigenvalue weighted by Crippen LogP contribution is 2.29. The zero-order valence-electron chi connectivity index (χ0n) is 15.2. The first kappa shape index (κ1) is 19.3. The Morgan fingerprint density at radius 2 is 1.86 bits per heavy atom. The van der Waals surface area contributed by atoms with Crippen molar-refractivity contribution in [2.24, 2.45) is 5.73 Å². The second-order valence-electron chi connectivity index (χ2n) is 6.10. The summed E-state index contributed by atoms with van der Waals surface area (Å²) in [7, 11) is 1.56. The van der Waals surface area contributed by atoms with Crippen LogP contribution in [0.25, 0.3) is 16.9 Å². The lowest BCUT2D eigenvalue weighted by molar-refractivity contribution is 0.145. The van der Waals surface area contributed by atoms with Crippen LogP contribution in [0.5, 0.6) is 5.75 Å². The molecule has 0 radical (unpaired) electrons. The van der Waals surface area contributed by atoms with Crippen LogP contribution in [0.2, 0.25) is 0 Å². The number of amides is 2. The van der Waals surface area contributed by atoms with Crippen molar-refractivity contribution >= 4 is 6.03 Å². The number of nitrogens with zero attached hydrogens (tertiary/aromatic N) is 2. The average molecular weight is 386 g/mol. The van der Waals surface area contributed by atoms with E-state index in [-0.39, 0.29) is 5.69 Å². The van der Waals surface area contributed by atoms with E-state index in [0.717, 1.165) is 11.1 Å². The zero-order chi connectivity index (χ0) is 20.1. The minimum absolute atomic E-state index is 0.291. The molecule has 3 N–H and O–H groups in total. The van der Waals surface area contributed by atoms with Crippen molar-refractivity contribution in [2.45, 2.75) is 12.8 Å². The molecular weight excluding hydrogens is 366 g/mol. The maximum absolute atomic E-state index is 13.2. The number of urea groups is 1. The first-order valence-electron chi connectivity index (χ1n) is 8.63. The van der Waals surface area contributed by atoms with Gasteiger partial charge in [-0.25, -0.2) is 18.3 Å². The van der Waals surface area contributed by atoms with Crippen LogP contribution in [0.4, 0.5) is 13.6 Å². The third-order valence-electron chi connectivity index (χ3n) is 4.23. The molecule has 0 aliphatic carbocycles. The van der Waals surface area contributed by atoms with Crippen LogP contribution >= 0.6 is 0 Å². The molecule has 0 saturated carbocycles. The molecular formula is C20H20F2N4O2. The molecule has 28 heavy (non-hydrogen) atoms. The Labute approximate surface area is 160 Å². The summed E-state index contributed by atoms with van der Waals surface area (Å²) < 4.78 is 33.1. The van der Waals surface area contributed by atoms with Crippen molar-refractivity contribution < 1.29 is 18.3 Å². The molecule has 0 unspecified atom stereocenters. The molecule has 0 fully saturated rings. The van der Waals surface area contributed by atoms with Gasteiger partial charge in [-0.05, 0) is 42.3 Å². The normalized spacial score (nSPS) is 10.9. The number of hydrogen-bond acceptors (Lipinski definition) is 3. The van der Waals surface area contributed by atoms with Gasteiger partial charge >= 0.3 is 6.03 Å². The minimum Gasteiger partial charge on any atom is -0.497 e. The lowest BCUT2D eigenvalue weighted by Gasteiger charge is -2.09. The predicted molar refractivity (Wildman–Crippen MR) is 102 cm³/mol. The van der Waals surface area contributed by atoms with E-state index in [0.29, 0.717) is 30.1 Å². The fourth-order valence-electron chi connectivity index (χ4n) is 2.80. The molecule has 1 heterocycles. The molecule has 2 aromatic carbocycles. The van der Waals surface area contributed by atoms with E-state index in [1.54, 1.807) is 31.4 Å². The third kappa shape index (κ3) is 4.46. The summed E-state index contributed by atoms with van der Waals surface area (Å²) in [6.45, 7) is 0.425. The molecule has 0 spiro atoms. The van der Waals surface area contributed by atoms with E-state index < -0.39 is 12.5 Å². The number of carbonyl (C=O) groups is 1. The van der Waals surface area contributed by atoms with Gasteiger partial charge in [0.25, 0.3) is 6.43 Å². The quantitative estimate of drug-likeness (QED) is 0.650. The van der Waals surface area contributed by atoms with Gasteiger partial charge in [-0.2, -0.15) is 5.10 Å². The number of rotatable bonds is 7. The number of benzene rings is 2. The number of hydrogen-bond donors (Lipinski definition) is 2. The summed E-state index contributed by atoms with van der Waals surface area (Å²) in [4.78, 5) is 10.7. The summed E-state index contributed by atoms with van der Waals surface area (Å²) >= 11 is 0. The van der Waals surface area contributed by atoms with E-state index in [9.17, 15) is 13.6 Å². The van der Waals surface area contributed by atoms with Crippen molar-refractivity contribution in [1.82, 2.24) is 15.1 Å². The van der Waals surface area contributed by atoms with Gasteiger partial charge in [-0.15, -0.1) is 0 Å². The van der Waals surface area contributed by atoms with Crippen LogP contribution in [0.3, 0.4) is 0 Å². The van der Waals surface area contributed by atoms with Crippen molar-refractivity contribution in [3.05, 3.63) is 65.9 Å². The summed E-state index contributed by atoms with van der Waals surface area (Å²) in [6, 6.07) is 15.3. The van der Waals surface area contributed by atoms with Gasteiger partial charge < -0.3 is 15.8 Å². The molecule has 0 aliphatic rings. The molecule has 0 atom stereocenters. The monoisotopic (exact) mass is 386 g/mol. The summed E-state index contributed by atoms with van der Waals surface area (Å²) in [6.07, 6.45) is -2.05. The third-order valence-corrected chi connectivity index (χ3v) is 4.23. The molecule has 3 rings (SSSR count). The lowest BCUT2D eigenvalue weighted by atomic mass is 10.1. The van der Waals surface area contributed by atoms with Crippen molar-refractivity contribution in [3.63, 3.8) is 0 Å². The highest BCUT2D eigenvalue weighted by Gasteiger charge is 2.17. The number of carbonyl (C=O) groups excluding carboxylic acids is 1. The molecule has 0 bridgehead atoms. The SMILES string of the molecule is COc1ccc(-n2nc(C(F)F)cc2-c2ccc(CCNC(N)=O)cc2)cc1. The van der Waals surface area contributed by atoms with Gasteiger partial charge in [0.2, 0.25) is 0 Å². The minimum atomic E-state index is -2.67. The van der Waals surface area contributed by atoms with Crippen LogP contribution in [0.1, 0.15) is 17.7 Å². The smallest absolute Gasteiger partial charge is 0.312 e. The highest BCUT2D eigenvalue weighted by atomic mass is 19.3. The number of nitrogens with two attached hydrogens (primary N) is 1. The predicted octanol–water partition coefficient (Wildman–Crippen LogP) is 3.70. The fourth-order valence-corrected chi connectivity index (χ4v) is 2.80. The lowest BCUT2D eigenvalue weighted by Crippen LogP contribution is -2.30. The zero-order valence-corrected chi connectivity index (χ0v) is 15.2. The maximum Gasteiger partial charge on any atom is 0.312 e. The van der Waals surface area contributed by atoms with Gasteiger partial charge in [0, 0.05) is 12.1 Å². The molecule has 3 aromatic rings. The number of methoxy groups -OCH3 is 1. The Hall–Kier alpha value is -3.42. The number of ether oxygens (including phenoxy) is 1. The number of alkyl halides is 2. The Balaban J connectivity index is 1.90. The Bertz CT molecular complexity index is 938. The van der Waals surface area contributed by atoms with Gasteiger partial charge in [-0.1, -0.05) is 24.3 Å². The summed E-state index contributed by atoms with van der Waals surface area (Å²) in [5.41, 5.74) is 7.70. The van der Waals surface area contributed by atoms with E-state index in [4.69, 9.17) is 10.5 Å². The molecule has 6 nitrogen and oxygen atoms in total. The van der Waals surface area contributed by atoms with E-state index in [1.807, 2.05) is 24.3 Å². The van der Waals surface area contributed by atoms with E-state index in [2.05, 4.69) is 10.4 Å². The number of halogens is 2. The van der Waals surface area contributed by atoms with E-state index in [1.165, 1.54) is 10.7 Å². The van der Waals surface area contributed by atoms with Gasteiger partial charge in [0.05, 0.1) is 18.5 Å². The molecule has 146 valence electrons. The van der Waals surface area contributed by atoms with Crippen molar-refractivity contribution in [3.8, 4) is 22.7 Å². The number of nitrogens with one attached hydrogen (secondary N) is 1. The molecule has 0 saturated heterocycles. The molecule has 8 heteroatoms. The topological polar surface area (TPSA) is 82.2 Å².